The normalized spacial score (nSPS) is 10.1. The van der Waals surface area contributed by atoms with E-state index in [9.17, 15) is 4.79 Å². The van der Waals surface area contributed by atoms with Crippen LogP contribution in [0.5, 0.6) is 0 Å². The number of nitrogens with two attached hydrogens (primary N) is 1. The van der Waals surface area contributed by atoms with Crippen molar-refractivity contribution in [3.05, 3.63) is 29.8 Å². The van der Waals surface area contributed by atoms with E-state index >= 15 is 0 Å². The van der Waals surface area contributed by atoms with Crippen LogP contribution in [0.2, 0.25) is 0 Å². The second kappa shape index (κ2) is 7.79. The van der Waals surface area contributed by atoms with Gasteiger partial charge in [-0.25, -0.2) is 0 Å². The summed E-state index contributed by atoms with van der Waals surface area (Å²) in [5, 5.41) is 2.74. The monoisotopic (exact) mass is 266 g/mol. The van der Waals surface area contributed by atoms with Crippen LogP contribution >= 0.6 is 12.2 Å². The van der Waals surface area contributed by atoms with Crippen LogP contribution in [0, 0.1) is 0 Å². The van der Waals surface area contributed by atoms with Crippen LogP contribution in [-0.2, 0) is 9.53 Å². The van der Waals surface area contributed by atoms with E-state index in [0.29, 0.717) is 17.3 Å². The molecule has 1 aromatic rings. The fraction of sp³-hybridized carbons (Fsp3) is 0.385. The Hall–Kier alpha value is -1.46. The predicted octanol–water partition coefficient (Wildman–Crippen LogP) is 2.08. The molecule has 0 spiro atoms. The molecule has 4 nitrogen and oxygen atoms in total. The quantitative estimate of drug-likeness (QED) is 0.586. The molecule has 0 radical (unpaired) electrons. The number of amides is 1. The van der Waals surface area contributed by atoms with Crippen molar-refractivity contribution in [1.29, 1.82) is 0 Å². The zero-order chi connectivity index (χ0) is 13.4. The molecule has 1 rings (SSSR count). The fourth-order valence-electron chi connectivity index (χ4n) is 1.33. The maximum atomic E-state index is 11.5. The zero-order valence-corrected chi connectivity index (χ0v) is 11.3. The molecule has 0 saturated carbocycles. The summed E-state index contributed by atoms with van der Waals surface area (Å²) in [6.45, 7) is 2.77. The Morgan fingerprint density at radius 3 is 2.61 bits per heavy atom. The third kappa shape index (κ3) is 5.25. The molecule has 0 saturated heterocycles. The van der Waals surface area contributed by atoms with Gasteiger partial charge in [-0.1, -0.05) is 25.6 Å². The van der Waals surface area contributed by atoms with Gasteiger partial charge in [-0.3, -0.25) is 4.79 Å². The van der Waals surface area contributed by atoms with Crippen molar-refractivity contribution in [3.63, 3.8) is 0 Å². The first-order chi connectivity index (χ1) is 8.63. The van der Waals surface area contributed by atoms with Crippen LogP contribution < -0.4 is 11.1 Å². The van der Waals surface area contributed by atoms with E-state index in [-0.39, 0.29) is 12.5 Å². The molecule has 98 valence electrons. The maximum absolute atomic E-state index is 11.5. The molecule has 1 aromatic carbocycles. The van der Waals surface area contributed by atoms with Crippen molar-refractivity contribution in [2.24, 2.45) is 5.73 Å². The molecule has 1 amide bonds. The Morgan fingerprint density at radius 1 is 1.39 bits per heavy atom. The highest BCUT2D eigenvalue weighted by atomic mass is 32.1. The number of thiocarbonyl (C=S) groups is 1. The van der Waals surface area contributed by atoms with Gasteiger partial charge in [0, 0.05) is 17.9 Å². The molecule has 0 heterocycles. The molecule has 0 atom stereocenters. The summed E-state index contributed by atoms with van der Waals surface area (Å²) in [7, 11) is 0. The van der Waals surface area contributed by atoms with Gasteiger partial charge in [0.15, 0.2) is 0 Å². The van der Waals surface area contributed by atoms with E-state index in [1.807, 2.05) is 0 Å². The summed E-state index contributed by atoms with van der Waals surface area (Å²) in [5.41, 5.74) is 6.97. The van der Waals surface area contributed by atoms with Gasteiger partial charge in [-0.15, -0.1) is 0 Å². The highest BCUT2D eigenvalue weighted by Crippen LogP contribution is 2.09. The first-order valence-corrected chi connectivity index (χ1v) is 6.31. The average Bonchev–Trinajstić information content (AvgIpc) is 2.35. The van der Waals surface area contributed by atoms with E-state index in [2.05, 4.69) is 12.2 Å². The van der Waals surface area contributed by atoms with Gasteiger partial charge in [0.2, 0.25) is 5.91 Å². The lowest BCUT2D eigenvalue weighted by Crippen LogP contribution is -2.18. The second-order valence-corrected chi connectivity index (χ2v) is 4.34. The number of ether oxygens (including phenoxy) is 1. The van der Waals surface area contributed by atoms with E-state index in [1.165, 1.54) is 0 Å². The Balaban J connectivity index is 2.37. The number of carbonyl (C=O) groups is 1. The average molecular weight is 266 g/mol. The molecule has 0 aromatic heterocycles. The lowest BCUT2D eigenvalue weighted by molar-refractivity contribution is -0.120. The molecule has 0 fully saturated rings. The first-order valence-electron chi connectivity index (χ1n) is 5.91. The molecular weight excluding hydrogens is 248 g/mol. The van der Waals surface area contributed by atoms with Gasteiger partial charge in [0.1, 0.15) is 11.6 Å². The number of unbranched alkanes of at least 4 members (excludes halogenated alkanes) is 1. The summed E-state index contributed by atoms with van der Waals surface area (Å²) in [6.07, 6.45) is 2.03. The van der Waals surface area contributed by atoms with Crippen molar-refractivity contribution in [3.8, 4) is 0 Å². The molecule has 0 aliphatic rings. The van der Waals surface area contributed by atoms with Gasteiger partial charge >= 0.3 is 0 Å². The van der Waals surface area contributed by atoms with Gasteiger partial charge in [0.25, 0.3) is 0 Å². The van der Waals surface area contributed by atoms with Crippen LogP contribution in [0.25, 0.3) is 0 Å². The smallest absolute Gasteiger partial charge is 0.250 e. The van der Waals surface area contributed by atoms with Crippen LogP contribution in [0.4, 0.5) is 5.69 Å². The molecule has 18 heavy (non-hydrogen) atoms. The number of anilines is 1. The topological polar surface area (TPSA) is 64.3 Å². The summed E-state index contributed by atoms with van der Waals surface area (Å²) in [4.78, 5) is 11.9. The lowest BCUT2D eigenvalue weighted by Gasteiger charge is -2.06. The Labute approximate surface area is 113 Å². The highest BCUT2D eigenvalue weighted by Gasteiger charge is 2.02. The van der Waals surface area contributed by atoms with Crippen molar-refractivity contribution in [2.75, 3.05) is 18.5 Å². The van der Waals surface area contributed by atoms with Crippen molar-refractivity contribution in [1.82, 2.24) is 0 Å². The van der Waals surface area contributed by atoms with Crippen LogP contribution in [-0.4, -0.2) is 24.1 Å². The van der Waals surface area contributed by atoms with Crippen LogP contribution in [0.15, 0.2) is 24.3 Å². The SMILES string of the molecule is CCCCOCC(=O)Nc1ccc(C(N)=S)cc1. The highest BCUT2D eigenvalue weighted by molar-refractivity contribution is 7.80. The molecule has 0 aliphatic carbocycles. The molecule has 0 aliphatic heterocycles. The second-order valence-electron chi connectivity index (χ2n) is 3.90. The summed E-state index contributed by atoms with van der Waals surface area (Å²) in [6, 6.07) is 7.07. The minimum atomic E-state index is -0.158. The third-order valence-corrected chi connectivity index (χ3v) is 2.56. The Morgan fingerprint density at radius 2 is 2.06 bits per heavy atom. The van der Waals surface area contributed by atoms with Crippen LogP contribution in [0.1, 0.15) is 25.3 Å². The molecule has 3 N–H and O–H groups in total. The predicted molar refractivity (Wildman–Crippen MR) is 76.7 cm³/mol. The first kappa shape index (κ1) is 14.6. The number of rotatable bonds is 7. The minimum Gasteiger partial charge on any atom is -0.389 e. The number of nitrogens with one attached hydrogen (secondary N) is 1. The van der Waals surface area contributed by atoms with E-state index < -0.39 is 0 Å². The molecular formula is C13H18N2O2S. The van der Waals surface area contributed by atoms with Gasteiger partial charge in [0.05, 0.1) is 0 Å². The van der Waals surface area contributed by atoms with Gasteiger partial charge < -0.3 is 15.8 Å². The summed E-state index contributed by atoms with van der Waals surface area (Å²) in [5.74, 6) is -0.158. The van der Waals surface area contributed by atoms with Crippen LogP contribution in [0.3, 0.4) is 0 Å². The van der Waals surface area contributed by atoms with E-state index in [1.54, 1.807) is 24.3 Å². The maximum Gasteiger partial charge on any atom is 0.250 e. The third-order valence-electron chi connectivity index (χ3n) is 2.33. The number of benzene rings is 1. The Bertz CT molecular complexity index is 404. The molecule has 0 unspecified atom stereocenters. The van der Waals surface area contributed by atoms with Gasteiger partial charge in [-0.2, -0.15) is 0 Å². The van der Waals surface area contributed by atoms with Crippen molar-refractivity contribution < 1.29 is 9.53 Å². The number of hydrogen-bond donors (Lipinski definition) is 2. The molecule has 0 bridgehead atoms. The van der Waals surface area contributed by atoms with E-state index in [0.717, 1.165) is 18.4 Å². The molecule has 5 heteroatoms. The largest absolute Gasteiger partial charge is 0.389 e. The zero-order valence-electron chi connectivity index (χ0n) is 10.4. The van der Waals surface area contributed by atoms with Crippen molar-refractivity contribution >= 4 is 28.8 Å². The van der Waals surface area contributed by atoms with Crippen molar-refractivity contribution in [2.45, 2.75) is 19.8 Å². The fourth-order valence-corrected chi connectivity index (χ4v) is 1.46. The number of carbonyl (C=O) groups excluding carboxylic acids is 1. The summed E-state index contributed by atoms with van der Waals surface area (Å²) >= 11 is 4.85. The van der Waals surface area contributed by atoms with E-state index in [4.69, 9.17) is 22.7 Å². The number of hydrogen-bond acceptors (Lipinski definition) is 3. The summed E-state index contributed by atoms with van der Waals surface area (Å²) < 4.78 is 5.22. The minimum absolute atomic E-state index is 0.0804. The standard InChI is InChI=1S/C13H18N2O2S/c1-2-3-8-17-9-12(16)15-11-6-4-10(5-7-11)13(14)18/h4-7H,2-3,8-9H2,1H3,(H2,14,18)(H,15,16). The lowest BCUT2D eigenvalue weighted by atomic mass is 10.2. The van der Waals surface area contributed by atoms with Gasteiger partial charge in [-0.05, 0) is 30.7 Å². The Kier molecular flexibility index (Phi) is 6.32.